The highest BCUT2D eigenvalue weighted by Gasteiger charge is 2.28. The summed E-state index contributed by atoms with van der Waals surface area (Å²) >= 11 is 0. The van der Waals surface area contributed by atoms with Crippen molar-refractivity contribution in [3.63, 3.8) is 0 Å². The third-order valence-electron chi connectivity index (χ3n) is 3.76. The van der Waals surface area contributed by atoms with E-state index in [-0.39, 0.29) is 11.9 Å². The molecule has 1 aliphatic rings. The van der Waals surface area contributed by atoms with Crippen LogP contribution in [0.3, 0.4) is 0 Å². The molecular formula is C16H14N5O2+. The van der Waals surface area contributed by atoms with Crippen LogP contribution in [-0.4, -0.2) is 37.3 Å². The van der Waals surface area contributed by atoms with Crippen LogP contribution in [0, 0.1) is 0 Å². The summed E-state index contributed by atoms with van der Waals surface area (Å²) in [5, 5.41) is 4.34. The van der Waals surface area contributed by atoms with E-state index in [4.69, 9.17) is 10.2 Å². The van der Waals surface area contributed by atoms with E-state index in [9.17, 15) is 4.79 Å². The second-order valence-electron chi connectivity index (χ2n) is 5.35. The van der Waals surface area contributed by atoms with E-state index >= 15 is 0 Å². The molecule has 0 saturated carbocycles. The number of amides is 1. The number of allylic oxidation sites excluding steroid dienone is 1. The number of hydrogen-bond donors (Lipinski definition) is 1. The maximum absolute atomic E-state index is 12.6. The van der Waals surface area contributed by atoms with Gasteiger partial charge in [-0.15, -0.1) is 5.10 Å². The summed E-state index contributed by atoms with van der Waals surface area (Å²) in [6.07, 6.45) is 8.74. The molecule has 4 heterocycles. The molecule has 7 nitrogen and oxygen atoms in total. The van der Waals surface area contributed by atoms with Gasteiger partial charge in [-0.05, 0) is 24.3 Å². The number of carbonyl (C=O) groups is 1. The molecule has 1 amide bonds. The first-order chi connectivity index (χ1) is 11.1. The van der Waals surface area contributed by atoms with Gasteiger partial charge in [-0.3, -0.25) is 0 Å². The van der Waals surface area contributed by atoms with E-state index in [0.717, 1.165) is 0 Å². The monoisotopic (exact) mass is 308 g/mol. The predicted octanol–water partition coefficient (Wildman–Crippen LogP) is 1.75. The lowest BCUT2D eigenvalue weighted by Gasteiger charge is -2.03. The fraction of sp³-hybridized carbons (Fsp3) is 0.125. The third-order valence-corrected chi connectivity index (χ3v) is 3.76. The molecule has 0 fully saturated rings. The quantitative estimate of drug-likeness (QED) is 0.729. The Morgan fingerprint density at radius 3 is 3.04 bits per heavy atom. The smallest absolute Gasteiger partial charge is 0.421 e. The van der Waals surface area contributed by atoms with E-state index < -0.39 is 0 Å². The highest BCUT2D eigenvalue weighted by molar-refractivity contribution is 5.93. The Bertz CT molecular complexity index is 966. The minimum absolute atomic E-state index is 0.0221. The van der Waals surface area contributed by atoms with Crippen molar-refractivity contribution in [2.75, 3.05) is 5.73 Å². The summed E-state index contributed by atoms with van der Waals surface area (Å²) in [6, 6.07) is 5.17. The second kappa shape index (κ2) is 4.91. The molecule has 23 heavy (non-hydrogen) atoms. The van der Waals surface area contributed by atoms with Crippen LogP contribution in [0.4, 0.5) is 5.69 Å². The number of fused-ring (bicyclic) bond motifs is 1. The molecule has 0 radical (unpaired) electrons. The number of nitrogen functional groups attached to an aromatic ring is 1. The van der Waals surface area contributed by atoms with Crippen molar-refractivity contribution in [3.8, 4) is 11.6 Å². The Kier molecular flexibility index (Phi) is 2.87. The Morgan fingerprint density at radius 2 is 2.35 bits per heavy atom. The highest BCUT2D eigenvalue weighted by Crippen LogP contribution is 2.21. The van der Waals surface area contributed by atoms with Gasteiger partial charge in [-0.2, -0.15) is 4.58 Å². The van der Waals surface area contributed by atoms with Crippen molar-refractivity contribution in [2.24, 2.45) is 0 Å². The highest BCUT2D eigenvalue weighted by atomic mass is 16.3. The molecule has 2 N–H and O–H groups in total. The maximum atomic E-state index is 12.6. The van der Waals surface area contributed by atoms with Gasteiger partial charge in [0.2, 0.25) is 5.82 Å². The van der Waals surface area contributed by atoms with E-state index in [0.29, 0.717) is 28.5 Å². The fourth-order valence-corrected chi connectivity index (χ4v) is 2.57. The number of hydrogen-bond acceptors (Lipinski definition) is 5. The Hall–Kier alpha value is -3.22. The molecule has 0 bridgehead atoms. The van der Waals surface area contributed by atoms with Crippen molar-refractivity contribution in [1.29, 1.82) is 0 Å². The van der Waals surface area contributed by atoms with Gasteiger partial charge in [0.25, 0.3) is 0 Å². The summed E-state index contributed by atoms with van der Waals surface area (Å²) in [5.74, 6) is 0.840. The number of nitrogens with two attached hydrogens (primary N) is 1. The zero-order valence-electron chi connectivity index (χ0n) is 12.4. The average Bonchev–Trinajstić information content (AvgIpc) is 3.25. The standard InChI is InChI=1S/C16H14N5O2/c1-10-4-2-6-20(10)16(22)11-8-12(17)15-18-14(19-21(15)9-11)13-5-3-7-23-13/h2-10H,17H2,1H3/q+1. The molecule has 3 aromatic rings. The predicted molar refractivity (Wildman–Crippen MR) is 84.4 cm³/mol. The minimum atomic E-state index is -0.133. The largest absolute Gasteiger partial charge is 0.461 e. The van der Waals surface area contributed by atoms with Crippen molar-refractivity contribution >= 4 is 23.5 Å². The van der Waals surface area contributed by atoms with E-state index in [2.05, 4.69) is 10.1 Å². The van der Waals surface area contributed by atoms with Gasteiger partial charge in [0.05, 0.1) is 12.0 Å². The van der Waals surface area contributed by atoms with Gasteiger partial charge < -0.3 is 10.2 Å². The van der Waals surface area contributed by atoms with Gasteiger partial charge in [-0.25, -0.2) is 14.3 Å². The molecule has 1 atom stereocenters. The Balaban J connectivity index is 1.79. The molecule has 7 heteroatoms. The van der Waals surface area contributed by atoms with Gasteiger partial charge >= 0.3 is 5.91 Å². The van der Waals surface area contributed by atoms with Crippen LogP contribution in [0.5, 0.6) is 0 Å². The molecule has 4 rings (SSSR count). The first kappa shape index (κ1) is 13.4. The van der Waals surface area contributed by atoms with Crippen molar-refractivity contribution < 1.29 is 13.8 Å². The molecule has 0 saturated heterocycles. The van der Waals surface area contributed by atoms with E-state index in [1.807, 2.05) is 19.1 Å². The van der Waals surface area contributed by atoms with Crippen molar-refractivity contribution in [2.45, 2.75) is 13.0 Å². The minimum Gasteiger partial charge on any atom is -0.461 e. The number of aromatic nitrogens is 3. The number of carbonyl (C=O) groups excluding carboxylic acids is 1. The SMILES string of the molecule is CC1C=CC=[N+]1C(=O)c1cc(N)c2nc(-c3ccco3)nn2c1. The number of furan rings is 1. The first-order valence-electron chi connectivity index (χ1n) is 7.17. The number of nitrogens with zero attached hydrogens (tertiary/aromatic N) is 4. The molecular weight excluding hydrogens is 294 g/mol. The van der Waals surface area contributed by atoms with Crippen LogP contribution in [0.15, 0.2) is 47.2 Å². The molecule has 0 spiro atoms. The molecule has 0 aliphatic carbocycles. The molecule has 1 aliphatic heterocycles. The first-order valence-corrected chi connectivity index (χ1v) is 7.17. The second-order valence-corrected chi connectivity index (χ2v) is 5.35. The molecule has 1 unspecified atom stereocenters. The summed E-state index contributed by atoms with van der Waals surface area (Å²) in [6.45, 7) is 1.95. The van der Waals surface area contributed by atoms with Crippen LogP contribution in [0.25, 0.3) is 17.2 Å². The number of pyridine rings is 1. The Morgan fingerprint density at radius 1 is 1.48 bits per heavy atom. The number of anilines is 1. The zero-order valence-corrected chi connectivity index (χ0v) is 12.4. The topological polar surface area (TPSA) is 89.4 Å². The third kappa shape index (κ3) is 2.13. The lowest BCUT2D eigenvalue weighted by atomic mass is 10.2. The summed E-state index contributed by atoms with van der Waals surface area (Å²) in [5.41, 5.74) is 7.38. The van der Waals surface area contributed by atoms with Gasteiger partial charge in [0, 0.05) is 19.2 Å². The van der Waals surface area contributed by atoms with Gasteiger partial charge in [0.15, 0.2) is 23.7 Å². The zero-order chi connectivity index (χ0) is 16.0. The van der Waals surface area contributed by atoms with Crippen LogP contribution in [0.2, 0.25) is 0 Å². The fourth-order valence-electron chi connectivity index (χ4n) is 2.57. The van der Waals surface area contributed by atoms with Gasteiger partial charge in [-0.1, -0.05) is 0 Å². The van der Waals surface area contributed by atoms with Crippen LogP contribution >= 0.6 is 0 Å². The van der Waals surface area contributed by atoms with E-state index in [1.165, 1.54) is 4.52 Å². The average molecular weight is 308 g/mol. The number of rotatable bonds is 2. The lowest BCUT2D eigenvalue weighted by molar-refractivity contribution is -0.444. The van der Waals surface area contributed by atoms with Crippen molar-refractivity contribution in [1.82, 2.24) is 14.6 Å². The van der Waals surface area contributed by atoms with Crippen LogP contribution in [-0.2, 0) is 0 Å². The molecule has 3 aromatic heterocycles. The van der Waals surface area contributed by atoms with E-state index in [1.54, 1.807) is 41.4 Å². The van der Waals surface area contributed by atoms with Gasteiger partial charge in [0.1, 0.15) is 5.56 Å². The summed E-state index contributed by atoms with van der Waals surface area (Å²) < 4.78 is 8.45. The normalized spacial score (nSPS) is 16.9. The van der Waals surface area contributed by atoms with Crippen LogP contribution < -0.4 is 5.73 Å². The summed E-state index contributed by atoms with van der Waals surface area (Å²) in [4.78, 5) is 17.0. The molecule has 0 aromatic carbocycles. The molecule has 114 valence electrons. The summed E-state index contributed by atoms with van der Waals surface area (Å²) in [7, 11) is 0. The maximum Gasteiger partial charge on any atom is 0.421 e. The van der Waals surface area contributed by atoms with Crippen molar-refractivity contribution in [3.05, 3.63) is 48.4 Å². The lowest BCUT2D eigenvalue weighted by Crippen LogP contribution is -2.26. The van der Waals surface area contributed by atoms with Crippen LogP contribution in [0.1, 0.15) is 17.3 Å². The Labute approximate surface area is 131 Å².